The molecule has 6 heteroatoms. The minimum Gasteiger partial charge on any atom is -0.489 e. The van der Waals surface area contributed by atoms with Crippen LogP contribution in [0.25, 0.3) is 0 Å². The number of nitrogens with zero attached hydrogens (tertiary/aromatic N) is 1. The fourth-order valence-electron chi connectivity index (χ4n) is 3.03. The quantitative estimate of drug-likeness (QED) is 0.757. The maximum atomic E-state index is 13.2. The van der Waals surface area contributed by atoms with Crippen molar-refractivity contribution in [2.24, 2.45) is 11.8 Å². The number of carbonyl (C=O) groups is 1. The van der Waals surface area contributed by atoms with Crippen LogP contribution in [0.1, 0.15) is 25.8 Å². The average molecular weight is 365 g/mol. The molecule has 1 aromatic rings. The molecule has 3 atom stereocenters. The van der Waals surface area contributed by atoms with Crippen LogP contribution >= 0.6 is 0 Å². The first-order valence-corrected chi connectivity index (χ1v) is 8.64. The Morgan fingerprint density at radius 1 is 1.31 bits per heavy atom. The lowest BCUT2D eigenvalue weighted by atomic mass is 9.84. The molecular formula is C20H25F2NO3. The molecule has 0 aromatic heterocycles. The number of hydrogen-bond acceptors (Lipinski definition) is 3. The van der Waals surface area contributed by atoms with E-state index in [1.807, 2.05) is 24.0 Å². The molecule has 1 aromatic carbocycles. The second-order valence-corrected chi connectivity index (χ2v) is 6.91. The number of aliphatic carboxylic acids is 1. The van der Waals surface area contributed by atoms with Gasteiger partial charge in [0, 0.05) is 12.1 Å². The maximum absolute atomic E-state index is 13.2. The van der Waals surface area contributed by atoms with Crippen LogP contribution in [0.5, 0.6) is 0 Å². The van der Waals surface area contributed by atoms with E-state index >= 15 is 0 Å². The van der Waals surface area contributed by atoms with E-state index in [0.29, 0.717) is 11.3 Å². The van der Waals surface area contributed by atoms with Gasteiger partial charge in [0.1, 0.15) is 24.0 Å². The molecule has 0 bridgehead atoms. The van der Waals surface area contributed by atoms with Crippen molar-refractivity contribution in [1.82, 2.24) is 4.90 Å². The summed E-state index contributed by atoms with van der Waals surface area (Å²) in [6, 6.07) is 3.47. The van der Waals surface area contributed by atoms with Crippen LogP contribution in [-0.2, 0) is 16.1 Å². The molecule has 1 aliphatic rings. The molecule has 0 aliphatic heterocycles. The van der Waals surface area contributed by atoms with Crippen LogP contribution in [0.3, 0.4) is 0 Å². The van der Waals surface area contributed by atoms with E-state index in [-0.39, 0.29) is 31.0 Å². The van der Waals surface area contributed by atoms with Crippen LogP contribution < -0.4 is 0 Å². The van der Waals surface area contributed by atoms with Gasteiger partial charge in [0.2, 0.25) is 0 Å². The molecule has 2 unspecified atom stereocenters. The standard InChI is InChI=1S/C20H25F2NO3/c1-13-6-19(26-12-15-8-17(21)10-18(22)9-15)5-4-16(13)7-14(2)23(3)11-20(24)25/h4-6,8-10,13-14,16H,7,11-12H2,1-3H3,(H,24,25)/t13?,14-,16?/m1/s1. The molecule has 0 amide bonds. The summed E-state index contributed by atoms with van der Waals surface area (Å²) >= 11 is 0. The maximum Gasteiger partial charge on any atom is 0.317 e. The van der Waals surface area contributed by atoms with Crippen molar-refractivity contribution in [3.8, 4) is 0 Å². The highest BCUT2D eigenvalue weighted by atomic mass is 19.1. The highest BCUT2D eigenvalue weighted by Crippen LogP contribution is 2.28. The topological polar surface area (TPSA) is 49.8 Å². The molecule has 142 valence electrons. The fraction of sp³-hybridized carbons (Fsp3) is 0.450. The van der Waals surface area contributed by atoms with Crippen molar-refractivity contribution >= 4 is 5.97 Å². The fourth-order valence-corrected chi connectivity index (χ4v) is 3.03. The Bertz CT molecular complexity index is 682. The number of ether oxygens (including phenoxy) is 1. The molecule has 0 radical (unpaired) electrons. The minimum atomic E-state index is -0.837. The Labute approximate surface area is 152 Å². The second kappa shape index (κ2) is 8.94. The van der Waals surface area contributed by atoms with Gasteiger partial charge >= 0.3 is 5.97 Å². The number of carboxylic acids is 1. The van der Waals surface area contributed by atoms with E-state index in [2.05, 4.69) is 13.0 Å². The third kappa shape index (κ3) is 5.95. The minimum absolute atomic E-state index is 0.0143. The van der Waals surface area contributed by atoms with Gasteiger partial charge in [-0.1, -0.05) is 13.0 Å². The van der Waals surface area contributed by atoms with Crippen LogP contribution in [-0.4, -0.2) is 35.6 Å². The summed E-state index contributed by atoms with van der Waals surface area (Å²) in [5.41, 5.74) is 0.440. The SMILES string of the molecule is CC1C=C(OCc2cc(F)cc(F)c2)C=CC1C[C@@H](C)N(C)CC(=O)O. The van der Waals surface area contributed by atoms with Gasteiger partial charge in [-0.2, -0.15) is 0 Å². The Balaban J connectivity index is 1.89. The van der Waals surface area contributed by atoms with Gasteiger partial charge in [-0.3, -0.25) is 9.69 Å². The zero-order chi connectivity index (χ0) is 19.3. The van der Waals surface area contributed by atoms with Gasteiger partial charge in [-0.05, 0) is 62.1 Å². The third-order valence-corrected chi connectivity index (χ3v) is 4.69. The summed E-state index contributed by atoms with van der Waals surface area (Å²) in [7, 11) is 1.80. The van der Waals surface area contributed by atoms with Crippen molar-refractivity contribution < 1.29 is 23.4 Å². The van der Waals surface area contributed by atoms with Crippen LogP contribution in [0.2, 0.25) is 0 Å². The molecule has 0 saturated carbocycles. The first kappa shape index (κ1) is 20.1. The van der Waals surface area contributed by atoms with Crippen molar-refractivity contribution in [2.75, 3.05) is 13.6 Å². The highest BCUT2D eigenvalue weighted by Gasteiger charge is 2.22. The normalized spacial score (nSPS) is 20.8. The zero-order valence-corrected chi connectivity index (χ0v) is 15.3. The summed E-state index contributed by atoms with van der Waals surface area (Å²) in [5.74, 6) is -0.907. The summed E-state index contributed by atoms with van der Waals surface area (Å²) in [6.07, 6.45) is 6.74. The summed E-state index contributed by atoms with van der Waals surface area (Å²) in [4.78, 5) is 12.6. The van der Waals surface area contributed by atoms with Gasteiger partial charge in [-0.15, -0.1) is 0 Å². The molecule has 1 N–H and O–H groups in total. The molecular weight excluding hydrogens is 340 g/mol. The Morgan fingerprint density at radius 3 is 2.54 bits per heavy atom. The van der Waals surface area contributed by atoms with E-state index in [1.165, 1.54) is 12.1 Å². The first-order valence-electron chi connectivity index (χ1n) is 8.64. The van der Waals surface area contributed by atoms with Gasteiger partial charge < -0.3 is 9.84 Å². The lowest BCUT2D eigenvalue weighted by Crippen LogP contribution is -2.35. The van der Waals surface area contributed by atoms with Crippen LogP contribution in [0.15, 0.2) is 42.2 Å². The van der Waals surface area contributed by atoms with Gasteiger partial charge in [0.25, 0.3) is 0 Å². The predicted octanol–water partition coefficient (Wildman–Crippen LogP) is 3.98. The van der Waals surface area contributed by atoms with Gasteiger partial charge in [0.15, 0.2) is 0 Å². The molecule has 26 heavy (non-hydrogen) atoms. The number of halogens is 2. The van der Waals surface area contributed by atoms with E-state index in [1.54, 1.807) is 7.05 Å². The number of hydrogen-bond donors (Lipinski definition) is 1. The Hall–Kier alpha value is -2.21. The smallest absolute Gasteiger partial charge is 0.317 e. The number of benzene rings is 1. The highest BCUT2D eigenvalue weighted by molar-refractivity contribution is 5.69. The molecule has 0 saturated heterocycles. The largest absolute Gasteiger partial charge is 0.489 e. The number of likely N-dealkylation sites (N-methyl/N-ethyl adjacent to an activating group) is 1. The average Bonchev–Trinajstić information content (AvgIpc) is 2.53. The van der Waals surface area contributed by atoms with Crippen molar-refractivity contribution in [3.05, 3.63) is 59.4 Å². The molecule has 0 fully saturated rings. The van der Waals surface area contributed by atoms with Crippen LogP contribution in [0, 0.1) is 23.5 Å². The van der Waals surface area contributed by atoms with Gasteiger partial charge in [-0.25, -0.2) is 8.78 Å². The zero-order valence-electron chi connectivity index (χ0n) is 15.3. The number of carboxylic acid groups (broad SMARTS) is 1. The first-order chi connectivity index (χ1) is 12.2. The number of rotatable bonds is 8. The van der Waals surface area contributed by atoms with Crippen molar-refractivity contribution in [1.29, 1.82) is 0 Å². The Kier molecular flexibility index (Phi) is 6.91. The lowest BCUT2D eigenvalue weighted by molar-refractivity contribution is -0.138. The molecule has 1 aliphatic carbocycles. The van der Waals surface area contributed by atoms with Crippen molar-refractivity contribution in [2.45, 2.75) is 32.9 Å². The third-order valence-electron chi connectivity index (χ3n) is 4.69. The number of allylic oxidation sites excluding steroid dienone is 3. The summed E-state index contributed by atoms with van der Waals surface area (Å²) < 4.78 is 32.1. The van der Waals surface area contributed by atoms with Gasteiger partial charge in [0.05, 0.1) is 6.54 Å². The molecule has 2 rings (SSSR count). The van der Waals surface area contributed by atoms with E-state index in [0.717, 1.165) is 12.5 Å². The van der Waals surface area contributed by atoms with Crippen molar-refractivity contribution in [3.63, 3.8) is 0 Å². The Morgan fingerprint density at radius 2 is 1.96 bits per heavy atom. The molecule has 0 heterocycles. The second-order valence-electron chi connectivity index (χ2n) is 6.91. The summed E-state index contributed by atoms with van der Waals surface area (Å²) in [6.45, 7) is 4.20. The van der Waals surface area contributed by atoms with E-state index in [9.17, 15) is 13.6 Å². The predicted molar refractivity (Wildman–Crippen MR) is 95.4 cm³/mol. The van der Waals surface area contributed by atoms with Crippen LogP contribution in [0.4, 0.5) is 8.78 Å². The lowest BCUT2D eigenvalue weighted by Gasteiger charge is -2.29. The summed E-state index contributed by atoms with van der Waals surface area (Å²) in [5, 5.41) is 8.88. The monoisotopic (exact) mass is 365 g/mol. The van der Waals surface area contributed by atoms with E-state index < -0.39 is 17.6 Å². The molecule has 0 spiro atoms. The molecule has 4 nitrogen and oxygen atoms in total. The van der Waals surface area contributed by atoms with E-state index in [4.69, 9.17) is 9.84 Å².